The van der Waals surface area contributed by atoms with Crippen LogP contribution in [0.5, 0.6) is 5.75 Å². The van der Waals surface area contributed by atoms with E-state index in [-0.39, 0.29) is 39.8 Å². The number of fused-ring (bicyclic) bond motifs is 2. The molecule has 0 radical (unpaired) electrons. The zero-order valence-corrected chi connectivity index (χ0v) is 23.0. The monoisotopic (exact) mass is 608 g/mol. The molecule has 4 N–H and O–H groups in total. The molecule has 0 unspecified atom stereocenters. The molecule has 1 aliphatic rings. The van der Waals surface area contributed by atoms with Gasteiger partial charge >= 0.3 is 6.18 Å². The van der Waals surface area contributed by atoms with Crippen molar-refractivity contribution in [3.8, 4) is 17.0 Å². The second kappa shape index (κ2) is 9.93. The number of nitrogens with two attached hydrogens (primary N) is 1. The zero-order valence-electron chi connectivity index (χ0n) is 21.4. The maximum absolute atomic E-state index is 14.6. The van der Waals surface area contributed by atoms with Crippen LogP contribution in [0.3, 0.4) is 0 Å². The number of rotatable bonds is 6. The van der Waals surface area contributed by atoms with Crippen molar-refractivity contribution < 1.29 is 37.0 Å². The minimum absolute atomic E-state index is 0.0296. The summed E-state index contributed by atoms with van der Waals surface area (Å²) in [4.78, 5) is 33.6. The molecule has 0 bridgehead atoms. The van der Waals surface area contributed by atoms with Crippen LogP contribution in [-0.2, 0) is 15.8 Å². The van der Waals surface area contributed by atoms with Gasteiger partial charge in [-0.2, -0.15) is 13.2 Å². The number of alkyl halides is 3. The molecular weight excluding hydrogens is 588 g/mol. The molecule has 4 aromatic rings. The molecule has 2 aromatic heterocycles. The van der Waals surface area contributed by atoms with Gasteiger partial charge in [0.15, 0.2) is 0 Å². The van der Waals surface area contributed by atoms with Gasteiger partial charge in [-0.1, -0.05) is 11.6 Å². The summed E-state index contributed by atoms with van der Waals surface area (Å²) in [5.41, 5.74) is -0.272. The molecule has 2 amide bonds. The fraction of sp³-hybridized carbons (Fsp3) is 0.259. The number of carbonyl (C=O) groups excluding carboxylic acids is 2. The third kappa shape index (κ3) is 4.87. The van der Waals surface area contributed by atoms with E-state index in [1.807, 2.05) is 0 Å². The molecule has 214 valence electrons. The first-order valence-corrected chi connectivity index (χ1v) is 13.2. The van der Waals surface area contributed by atoms with E-state index < -0.39 is 47.1 Å². The van der Waals surface area contributed by atoms with Crippen LogP contribution in [-0.4, -0.2) is 46.2 Å². The number of pyridine rings is 1. The molecule has 0 saturated carbocycles. The van der Waals surface area contributed by atoms with Crippen LogP contribution in [0.2, 0.25) is 5.02 Å². The number of halogens is 5. The lowest BCUT2D eigenvalue weighted by Crippen LogP contribution is -2.51. The molecule has 0 saturated heterocycles. The van der Waals surface area contributed by atoms with Crippen molar-refractivity contribution in [1.29, 1.82) is 0 Å². The number of hydrogen-bond acceptors (Lipinski definition) is 7. The summed E-state index contributed by atoms with van der Waals surface area (Å²) >= 11 is 7.47. The van der Waals surface area contributed by atoms with Crippen LogP contribution >= 0.6 is 22.9 Å². The molecule has 0 aliphatic carbocycles. The first-order valence-electron chi connectivity index (χ1n) is 12.0. The molecule has 1 aliphatic heterocycles. The van der Waals surface area contributed by atoms with Gasteiger partial charge in [0.1, 0.15) is 34.8 Å². The Morgan fingerprint density at radius 2 is 1.88 bits per heavy atom. The zero-order chi connectivity index (χ0) is 29.9. The number of nitrogens with one attached hydrogen (secondary N) is 1. The summed E-state index contributed by atoms with van der Waals surface area (Å²) < 4.78 is 63.5. The molecule has 3 heterocycles. The Labute approximate surface area is 239 Å². The van der Waals surface area contributed by atoms with Crippen LogP contribution in [0.25, 0.3) is 21.5 Å². The third-order valence-electron chi connectivity index (χ3n) is 6.95. The largest absolute Gasteiger partial charge is 0.489 e. The van der Waals surface area contributed by atoms with Crippen molar-refractivity contribution in [2.24, 2.45) is 5.73 Å². The number of nitrogens with zero attached hydrogens (tertiary/aromatic N) is 2. The number of amides is 2. The highest BCUT2D eigenvalue weighted by Crippen LogP contribution is 2.47. The van der Waals surface area contributed by atoms with E-state index in [1.165, 1.54) is 42.5 Å². The number of primary amides is 1. The van der Waals surface area contributed by atoms with Crippen LogP contribution in [0.4, 0.5) is 17.6 Å². The normalized spacial score (nSPS) is 18.0. The SMILES string of the molecule is Cc1nc2c(Cl)cc(C(=O)NC[C@](O)(c3cc4c(c(-c5ccc(F)cc5)n3)OC[C@]4(C)C(N)=O)C(F)(F)F)cc2s1. The maximum Gasteiger partial charge on any atom is 0.424 e. The predicted molar refractivity (Wildman–Crippen MR) is 143 cm³/mol. The predicted octanol–water partition coefficient (Wildman–Crippen LogP) is 4.77. The number of aryl methyl sites for hydroxylation is 1. The number of carbonyl (C=O) groups is 2. The van der Waals surface area contributed by atoms with Gasteiger partial charge in [-0.05, 0) is 56.3 Å². The Morgan fingerprint density at radius 1 is 1.20 bits per heavy atom. The number of ether oxygens (including phenoxy) is 1. The lowest BCUT2D eigenvalue weighted by atomic mass is 9.81. The molecule has 41 heavy (non-hydrogen) atoms. The Bertz CT molecular complexity index is 1710. The molecule has 5 rings (SSSR count). The summed E-state index contributed by atoms with van der Waals surface area (Å²) in [7, 11) is 0. The Hall–Kier alpha value is -3.81. The van der Waals surface area contributed by atoms with Crippen LogP contribution in [0.1, 0.15) is 33.5 Å². The first kappa shape index (κ1) is 28.7. The Balaban J connectivity index is 1.59. The minimum atomic E-state index is -5.35. The highest BCUT2D eigenvalue weighted by Gasteiger charge is 2.57. The lowest BCUT2D eigenvalue weighted by Gasteiger charge is -2.31. The van der Waals surface area contributed by atoms with Crippen molar-refractivity contribution in [2.45, 2.75) is 31.0 Å². The molecule has 2 atom stereocenters. The Morgan fingerprint density at radius 3 is 2.51 bits per heavy atom. The van der Waals surface area contributed by atoms with E-state index in [0.717, 1.165) is 18.2 Å². The average Bonchev–Trinajstić information content (AvgIpc) is 3.46. The third-order valence-corrected chi connectivity index (χ3v) is 8.16. The van der Waals surface area contributed by atoms with Crippen LogP contribution in [0, 0.1) is 12.7 Å². The standard InChI is InChI=1S/C27H21ClF4N4O4S/c1-12-35-21-17(28)7-14(8-18(21)41-12)23(37)34-10-26(39,27(30,31)32)19-9-16-22(40-11-25(16,2)24(33)38)20(36-19)13-3-5-15(29)6-4-13/h3-9,39H,10-11H2,1-2H3,(H2,33,38)(H,34,37)/t25-,26-/m0/s1. The molecular formula is C27H21ClF4N4O4S. The fourth-order valence-electron chi connectivity index (χ4n) is 4.48. The number of aliphatic hydroxyl groups is 1. The Kier molecular flexibility index (Phi) is 6.95. The van der Waals surface area contributed by atoms with E-state index in [1.54, 1.807) is 6.92 Å². The second-order valence-corrected chi connectivity index (χ2v) is 11.4. The number of hydrogen-bond donors (Lipinski definition) is 3. The summed E-state index contributed by atoms with van der Waals surface area (Å²) in [6.07, 6.45) is -5.35. The highest BCUT2D eigenvalue weighted by atomic mass is 35.5. The summed E-state index contributed by atoms with van der Waals surface area (Å²) in [6, 6.07) is 8.26. The summed E-state index contributed by atoms with van der Waals surface area (Å²) in [5.74, 6) is -2.45. The van der Waals surface area contributed by atoms with Gasteiger partial charge < -0.3 is 20.9 Å². The van der Waals surface area contributed by atoms with Crippen LogP contribution < -0.4 is 15.8 Å². The quantitative estimate of drug-likeness (QED) is 0.271. The molecule has 14 heteroatoms. The van der Waals surface area contributed by atoms with Crippen LogP contribution in [0.15, 0.2) is 42.5 Å². The van der Waals surface area contributed by atoms with E-state index >= 15 is 0 Å². The van der Waals surface area contributed by atoms with Gasteiger partial charge in [0, 0.05) is 16.7 Å². The smallest absolute Gasteiger partial charge is 0.424 e. The van der Waals surface area contributed by atoms with E-state index in [9.17, 15) is 32.3 Å². The van der Waals surface area contributed by atoms with E-state index in [0.29, 0.717) is 15.2 Å². The molecule has 0 spiro atoms. The average molecular weight is 609 g/mol. The van der Waals surface area contributed by atoms with Crippen molar-refractivity contribution in [3.63, 3.8) is 0 Å². The van der Waals surface area contributed by atoms with Gasteiger partial charge in [-0.3, -0.25) is 9.59 Å². The maximum atomic E-state index is 14.6. The highest BCUT2D eigenvalue weighted by molar-refractivity contribution is 7.18. The van der Waals surface area contributed by atoms with Crippen molar-refractivity contribution in [2.75, 3.05) is 13.2 Å². The van der Waals surface area contributed by atoms with E-state index in [4.69, 9.17) is 22.1 Å². The molecule has 2 aromatic carbocycles. The fourth-order valence-corrected chi connectivity index (χ4v) is 5.69. The second-order valence-electron chi connectivity index (χ2n) is 9.80. The minimum Gasteiger partial charge on any atom is -0.489 e. The van der Waals surface area contributed by atoms with Gasteiger partial charge in [0.2, 0.25) is 11.5 Å². The van der Waals surface area contributed by atoms with Gasteiger partial charge in [0.25, 0.3) is 5.91 Å². The lowest BCUT2D eigenvalue weighted by molar-refractivity contribution is -0.265. The van der Waals surface area contributed by atoms with E-state index in [2.05, 4.69) is 15.3 Å². The van der Waals surface area contributed by atoms with Crippen molar-refractivity contribution in [1.82, 2.24) is 15.3 Å². The van der Waals surface area contributed by atoms with Gasteiger partial charge in [-0.25, -0.2) is 14.4 Å². The molecule has 8 nitrogen and oxygen atoms in total. The number of benzene rings is 2. The van der Waals surface area contributed by atoms with Gasteiger partial charge in [0.05, 0.1) is 27.0 Å². The summed E-state index contributed by atoms with van der Waals surface area (Å²) in [6.45, 7) is 1.49. The van der Waals surface area contributed by atoms with Crippen molar-refractivity contribution >= 4 is 45.0 Å². The topological polar surface area (TPSA) is 127 Å². The molecule has 0 fully saturated rings. The number of aromatic nitrogens is 2. The van der Waals surface area contributed by atoms with Gasteiger partial charge in [-0.15, -0.1) is 11.3 Å². The van der Waals surface area contributed by atoms with Crippen molar-refractivity contribution in [3.05, 3.63) is 75.1 Å². The first-order chi connectivity index (χ1) is 19.1. The number of thiazole rings is 1. The summed E-state index contributed by atoms with van der Waals surface area (Å²) in [5, 5.41) is 14.1.